The highest BCUT2D eigenvalue weighted by Gasteiger charge is 2.53. The third-order valence-electron chi connectivity index (χ3n) is 6.57. The van der Waals surface area contributed by atoms with Crippen molar-refractivity contribution in [2.75, 3.05) is 5.32 Å². The molecule has 5 aromatic rings. The number of hydrogen-bond acceptors (Lipinski definition) is 7. The van der Waals surface area contributed by atoms with E-state index in [4.69, 9.17) is 4.74 Å². The number of ether oxygens (including phenoxy) is 1. The molecule has 0 bridgehead atoms. The number of benzene rings is 2. The third kappa shape index (κ3) is 4.54. The molecule has 2 N–H and O–H groups in total. The van der Waals surface area contributed by atoms with Gasteiger partial charge in [0.25, 0.3) is 0 Å². The Bertz CT molecular complexity index is 1580. The van der Waals surface area contributed by atoms with Crippen LogP contribution in [-0.4, -0.2) is 21.5 Å². The number of carboxylic acid groups (broad SMARTS) is 1. The molecule has 1 amide bonds. The number of rotatable bonds is 7. The Balaban J connectivity index is 1.18. The minimum absolute atomic E-state index is 0.199. The summed E-state index contributed by atoms with van der Waals surface area (Å²) < 4.78 is 12.1. The molecule has 1 aliphatic carbocycles. The molecule has 2 aromatic carbocycles. The van der Waals surface area contributed by atoms with E-state index < -0.39 is 17.5 Å². The summed E-state index contributed by atoms with van der Waals surface area (Å²) in [6, 6.07) is 22.0. The van der Waals surface area contributed by atoms with E-state index in [1.54, 1.807) is 22.7 Å². The number of fused-ring (bicyclic) bond motifs is 1. The first-order valence-electron chi connectivity index (χ1n) is 11.7. The Morgan fingerprint density at radius 3 is 2.38 bits per heavy atom. The number of thiophene rings is 2. The Morgan fingerprint density at radius 2 is 1.70 bits per heavy atom. The van der Waals surface area contributed by atoms with Gasteiger partial charge in [-0.15, -0.1) is 22.7 Å². The average Bonchev–Trinajstić information content (AvgIpc) is 3.31. The average molecular weight is 547 g/mol. The Kier molecular flexibility index (Phi) is 6.06. The van der Waals surface area contributed by atoms with Crippen LogP contribution in [0.4, 0.5) is 10.5 Å². The minimum atomic E-state index is -0.714. The summed E-state index contributed by atoms with van der Waals surface area (Å²) in [5.74, 6) is -0.714. The predicted octanol–water partition coefficient (Wildman–Crippen LogP) is 7.93. The van der Waals surface area contributed by atoms with Crippen LogP contribution in [0, 0.1) is 6.92 Å². The van der Waals surface area contributed by atoms with Crippen molar-refractivity contribution < 1.29 is 19.4 Å². The molecule has 0 spiro atoms. The van der Waals surface area contributed by atoms with E-state index in [-0.39, 0.29) is 6.61 Å². The molecule has 3 heterocycles. The van der Waals surface area contributed by atoms with Gasteiger partial charge < -0.3 is 9.84 Å². The van der Waals surface area contributed by atoms with Gasteiger partial charge in [0.2, 0.25) is 0 Å². The van der Waals surface area contributed by atoms with Crippen LogP contribution in [0.2, 0.25) is 0 Å². The zero-order valence-electron chi connectivity index (χ0n) is 19.8. The van der Waals surface area contributed by atoms with Gasteiger partial charge in [0.15, 0.2) is 0 Å². The number of aryl methyl sites for hydroxylation is 1. The van der Waals surface area contributed by atoms with Crippen molar-refractivity contribution in [3.8, 4) is 20.9 Å². The van der Waals surface area contributed by atoms with Gasteiger partial charge in [0, 0.05) is 19.2 Å². The summed E-state index contributed by atoms with van der Waals surface area (Å²) in [6.45, 7) is 2.06. The molecule has 1 aliphatic rings. The Labute approximate surface area is 225 Å². The van der Waals surface area contributed by atoms with Crippen molar-refractivity contribution in [3.05, 3.63) is 82.9 Å². The number of hydrogen-bond donors (Lipinski definition) is 2. The first-order chi connectivity index (χ1) is 17.9. The number of carboxylic acids is 1. The lowest BCUT2D eigenvalue weighted by molar-refractivity contribution is -0.139. The van der Waals surface area contributed by atoms with E-state index >= 15 is 0 Å². The van der Waals surface area contributed by atoms with Gasteiger partial charge in [-0.3, -0.25) is 10.1 Å². The number of nitrogens with one attached hydrogen (secondary N) is 1. The van der Waals surface area contributed by atoms with Crippen molar-refractivity contribution in [2.24, 2.45) is 0 Å². The van der Waals surface area contributed by atoms with Crippen molar-refractivity contribution >= 4 is 61.4 Å². The van der Waals surface area contributed by atoms with E-state index in [1.165, 1.54) is 11.5 Å². The summed E-state index contributed by atoms with van der Waals surface area (Å²) >= 11 is 4.62. The van der Waals surface area contributed by atoms with Gasteiger partial charge >= 0.3 is 12.1 Å². The quantitative estimate of drug-likeness (QED) is 0.216. The maximum Gasteiger partial charge on any atom is 0.412 e. The second-order valence-electron chi connectivity index (χ2n) is 9.07. The second-order valence-corrected chi connectivity index (χ2v) is 12.0. The second kappa shape index (κ2) is 9.41. The Morgan fingerprint density at radius 1 is 1.00 bits per heavy atom. The van der Waals surface area contributed by atoms with E-state index in [0.29, 0.717) is 5.69 Å². The third-order valence-corrected chi connectivity index (χ3v) is 10.1. The van der Waals surface area contributed by atoms with E-state index in [0.717, 1.165) is 59.3 Å². The zero-order chi connectivity index (χ0) is 25.6. The normalized spacial score (nSPS) is 14.0. The van der Waals surface area contributed by atoms with Crippen LogP contribution >= 0.6 is 34.2 Å². The summed E-state index contributed by atoms with van der Waals surface area (Å²) in [4.78, 5) is 27.1. The van der Waals surface area contributed by atoms with Crippen LogP contribution in [0.5, 0.6) is 0 Å². The highest BCUT2D eigenvalue weighted by Crippen LogP contribution is 2.53. The predicted molar refractivity (Wildman–Crippen MR) is 150 cm³/mol. The van der Waals surface area contributed by atoms with Crippen LogP contribution in [-0.2, 0) is 21.6 Å². The topological polar surface area (TPSA) is 88.5 Å². The first kappa shape index (κ1) is 23.8. The van der Waals surface area contributed by atoms with Gasteiger partial charge in [0.05, 0.1) is 16.3 Å². The minimum Gasteiger partial charge on any atom is -0.481 e. The zero-order valence-corrected chi connectivity index (χ0v) is 22.3. The largest absolute Gasteiger partial charge is 0.481 e. The molecule has 6 nitrogen and oxygen atoms in total. The van der Waals surface area contributed by atoms with Gasteiger partial charge in [-0.05, 0) is 60.1 Å². The fourth-order valence-corrected chi connectivity index (χ4v) is 7.76. The molecule has 0 unspecified atom stereocenters. The van der Waals surface area contributed by atoms with E-state index in [2.05, 4.69) is 34.0 Å². The van der Waals surface area contributed by atoms with Crippen molar-refractivity contribution in [2.45, 2.75) is 31.8 Å². The number of carbonyl (C=O) groups excluding carboxylic acids is 1. The molecule has 0 saturated heterocycles. The molecule has 1 saturated carbocycles. The number of aliphatic carboxylic acids is 1. The van der Waals surface area contributed by atoms with Crippen LogP contribution in [0.1, 0.15) is 29.0 Å². The van der Waals surface area contributed by atoms with Gasteiger partial charge in [-0.25, -0.2) is 4.79 Å². The number of aromatic nitrogens is 1. The van der Waals surface area contributed by atoms with Gasteiger partial charge in [-0.1, -0.05) is 54.6 Å². The lowest BCUT2D eigenvalue weighted by Gasteiger charge is -2.09. The molecule has 37 heavy (non-hydrogen) atoms. The smallest absolute Gasteiger partial charge is 0.412 e. The molecule has 0 radical (unpaired) electrons. The van der Waals surface area contributed by atoms with E-state index in [9.17, 15) is 14.7 Å². The van der Waals surface area contributed by atoms with Crippen LogP contribution in [0.3, 0.4) is 0 Å². The molecule has 0 aliphatic heterocycles. The van der Waals surface area contributed by atoms with Crippen molar-refractivity contribution in [3.63, 3.8) is 0 Å². The highest BCUT2D eigenvalue weighted by molar-refractivity contribution is 7.29. The Hall–Kier alpha value is -3.53. The number of nitrogens with zero attached hydrogens (tertiary/aromatic N) is 1. The van der Waals surface area contributed by atoms with Crippen molar-refractivity contribution in [1.29, 1.82) is 0 Å². The number of amides is 1. The highest BCUT2D eigenvalue weighted by atomic mass is 32.1. The van der Waals surface area contributed by atoms with Crippen LogP contribution < -0.4 is 5.32 Å². The summed E-state index contributed by atoms with van der Waals surface area (Å²) in [7, 11) is 0. The van der Waals surface area contributed by atoms with Gasteiger partial charge in [-0.2, -0.15) is 4.37 Å². The first-order valence-corrected chi connectivity index (χ1v) is 14.2. The lowest BCUT2D eigenvalue weighted by Crippen LogP contribution is -2.17. The molecular weight excluding hydrogens is 525 g/mol. The molecule has 1 fully saturated rings. The molecular formula is C28H22N2O4S3. The van der Waals surface area contributed by atoms with Crippen molar-refractivity contribution in [1.82, 2.24) is 4.37 Å². The fourth-order valence-electron chi connectivity index (χ4n) is 4.27. The SMILES string of the molecule is Cc1nsc(-c2ccc(-c3cc4sc(C5(C(=O)O)CC5)cc4s3)cc2)c1NC(=O)OCc1ccccc1. The summed E-state index contributed by atoms with van der Waals surface area (Å²) in [5, 5.41) is 12.5. The summed E-state index contributed by atoms with van der Waals surface area (Å²) in [6.07, 6.45) is 0.936. The standard InChI is InChI=1S/C28H22N2O4S3/c1-16-24(29-27(33)34-15-17-5-3-2-4-6-17)25(37-30-16)19-9-7-18(8-10-19)20-13-21-22(35-20)14-23(36-21)28(11-12-28)26(31)32/h2-10,13-14H,11-12,15H2,1H3,(H,29,33)(H,31,32). The van der Waals surface area contributed by atoms with E-state index in [1.807, 2.05) is 49.4 Å². The molecule has 3 aromatic heterocycles. The molecule has 9 heteroatoms. The maximum absolute atomic E-state index is 12.5. The number of carbonyl (C=O) groups is 2. The molecule has 186 valence electrons. The van der Waals surface area contributed by atoms with Gasteiger partial charge in [0.1, 0.15) is 12.0 Å². The van der Waals surface area contributed by atoms with Crippen LogP contribution in [0.25, 0.3) is 30.3 Å². The van der Waals surface area contributed by atoms with Crippen LogP contribution in [0.15, 0.2) is 66.7 Å². The fraction of sp³-hybridized carbons (Fsp3) is 0.179. The monoisotopic (exact) mass is 546 g/mol. The molecule has 6 rings (SSSR count). The number of anilines is 1. The lowest BCUT2D eigenvalue weighted by atomic mass is 10.1. The summed E-state index contributed by atoms with van der Waals surface area (Å²) in [5.41, 5.74) is 3.73. The maximum atomic E-state index is 12.5. The molecule has 0 atom stereocenters.